The summed E-state index contributed by atoms with van der Waals surface area (Å²) in [6, 6.07) is 57.2. The quantitative estimate of drug-likeness (QED) is 0.218. The van der Waals surface area contributed by atoms with Crippen LogP contribution in [0.4, 0.5) is 22.7 Å². The topological polar surface area (TPSA) is 32.3 Å². The van der Waals surface area contributed by atoms with Crippen LogP contribution in [0.1, 0.15) is 10.4 Å². The Bertz CT molecular complexity index is 2040. The first-order valence-corrected chi connectivity index (χ1v) is 14.8. The molecule has 8 rings (SSSR count). The Hall–Kier alpha value is -5.93. The number of benzene rings is 7. The number of nitrogens with one attached hydrogen (secondary N) is 1. The Morgan fingerprint density at radius 1 is 0.386 bits per heavy atom. The van der Waals surface area contributed by atoms with Gasteiger partial charge in [0.25, 0.3) is 5.91 Å². The summed E-state index contributed by atoms with van der Waals surface area (Å²) in [5, 5.41) is 5.07. The average Bonchev–Trinajstić information content (AvgIpc) is 3.43. The molecule has 0 saturated heterocycles. The molecule has 0 atom stereocenters. The fourth-order valence-electron chi connectivity index (χ4n) is 6.25. The number of hydrogen-bond acceptors (Lipinski definition) is 2. The first kappa shape index (κ1) is 25.8. The summed E-state index contributed by atoms with van der Waals surface area (Å²) in [6.07, 6.45) is 0. The summed E-state index contributed by atoms with van der Waals surface area (Å²) >= 11 is 0. The Morgan fingerprint density at radius 3 is 1.39 bits per heavy atom. The highest BCUT2D eigenvalue weighted by atomic mass is 16.1. The number of hydrogen-bond donors (Lipinski definition) is 1. The number of rotatable bonds is 6. The Kier molecular flexibility index (Phi) is 6.28. The fourth-order valence-corrected chi connectivity index (χ4v) is 6.25. The average molecular weight is 565 g/mol. The lowest BCUT2D eigenvalue weighted by Gasteiger charge is -2.26. The normalized spacial score (nSPS) is 11.9. The highest BCUT2D eigenvalue weighted by Gasteiger charge is 2.22. The molecule has 0 bridgehead atoms. The first-order chi connectivity index (χ1) is 21.7. The second-order valence-electron chi connectivity index (χ2n) is 11.1. The molecular weight excluding hydrogens is 536 g/mol. The lowest BCUT2D eigenvalue weighted by Crippen LogP contribution is -2.09. The molecule has 7 aromatic rings. The smallest absolute Gasteiger partial charge is 0.256 e. The Balaban J connectivity index is 1.19. The van der Waals surface area contributed by atoms with E-state index in [1.807, 2.05) is 30.3 Å². The maximum Gasteiger partial charge on any atom is 0.256 e. The molecule has 0 aromatic heterocycles. The van der Waals surface area contributed by atoms with Crippen molar-refractivity contribution in [1.29, 1.82) is 0 Å². The predicted molar refractivity (Wildman–Crippen MR) is 183 cm³/mol. The van der Waals surface area contributed by atoms with Gasteiger partial charge in [0.15, 0.2) is 0 Å². The van der Waals surface area contributed by atoms with Gasteiger partial charge in [-0.25, -0.2) is 0 Å². The summed E-state index contributed by atoms with van der Waals surface area (Å²) < 4.78 is 0. The lowest BCUT2D eigenvalue weighted by atomic mass is 9.95. The molecule has 0 spiro atoms. The van der Waals surface area contributed by atoms with Crippen LogP contribution in [0.25, 0.3) is 44.2 Å². The van der Waals surface area contributed by atoms with Gasteiger partial charge in [-0.05, 0) is 87.3 Å². The molecule has 1 aliphatic heterocycles. The molecule has 0 aliphatic carbocycles. The van der Waals surface area contributed by atoms with Gasteiger partial charge in [0.2, 0.25) is 0 Å². The molecule has 1 heterocycles. The predicted octanol–water partition coefficient (Wildman–Crippen LogP) is 10.9. The van der Waals surface area contributed by atoms with Crippen LogP contribution in [-0.2, 0) is 0 Å². The molecule has 1 amide bonds. The summed E-state index contributed by atoms with van der Waals surface area (Å²) in [4.78, 5) is 14.8. The molecule has 0 radical (unpaired) electrons. The van der Waals surface area contributed by atoms with Gasteiger partial charge in [-0.3, -0.25) is 4.79 Å². The number of nitrogens with zero attached hydrogens (tertiary/aromatic N) is 1. The van der Waals surface area contributed by atoms with Crippen molar-refractivity contribution in [3.8, 4) is 33.4 Å². The first-order valence-electron chi connectivity index (χ1n) is 14.8. The minimum absolute atomic E-state index is 0.0368. The van der Waals surface area contributed by atoms with Crippen molar-refractivity contribution in [1.82, 2.24) is 0 Å². The van der Waals surface area contributed by atoms with Gasteiger partial charge < -0.3 is 10.2 Å². The molecule has 3 nitrogen and oxygen atoms in total. The number of anilines is 4. The van der Waals surface area contributed by atoms with Crippen LogP contribution in [0.2, 0.25) is 0 Å². The summed E-state index contributed by atoms with van der Waals surface area (Å²) in [7, 11) is 0. The maximum absolute atomic E-state index is 12.5. The van der Waals surface area contributed by atoms with Crippen molar-refractivity contribution in [2.24, 2.45) is 0 Å². The van der Waals surface area contributed by atoms with Crippen LogP contribution in [0.15, 0.2) is 164 Å². The third-order valence-electron chi connectivity index (χ3n) is 8.44. The van der Waals surface area contributed by atoms with E-state index in [0.717, 1.165) is 50.2 Å². The van der Waals surface area contributed by atoms with Crippen molar-refractivity contribution in [2.75, 3.05) is 10.2 Å². The van der Waals surface area contributed by atoms with Gasteiger partial charge in [0.1, 0.15) is 0 Å². The van der Waals surface area contributed by atoms with E-state index in [2.05, 4.69) is 144 Å². The fraction of sp³-hybridized carbons (Fsp3) is 0. The van der Waals surface area contributed by atoms with Crippen molar-refractivity contribution < 1.29 is 4.79 Å². The summed E-state index contributed by atoms with van der Waals surface area (Å²) in [5.41, 5.74) is 11.8. The molecule has 7 aromatic carbocycles. The molecule has 1 aliphatic rings. The second-order valence-corrected chi connectivity index (χ2v) is 11.1. The zero-order chi connectivity index (χ0) is 29.5. The SMILES string of the molecule is O=C1Nc2ccc(-c3ccc(N(c4ccc(-c5ccccc5)cc4)c4ccc(-c5ccccc5)cc4)cc3)c3cccc1c23. The molecule has 0 unspecified atom stereocenters. The van der Waals surface area contributed by atoms with Crippen molar-refractivity contribution in [3.63, 3.8) is 0 Å². The molecule has 0 fully saturated rings. The molecule has 3 heteroatoms. The zero-order valence-corrected chi connectivity index (χ0v) is 23.9. The third-order valence-corrected chi connectivity index (χ3v) is 8.44. The van der Waals surface area contributed by atoms with Gasteiger partial charge >= 0.3 is 0 Å². The zero-order valence-electron chi connectivity index (χ0n) is 23.9. The van der Waals surface area contributed by atoms with Crippen LogP contribution < -0.4 is 10.2 Å². The summed E-state index contributed by atoms with van der Waals surface area (Å²) in [6.45, 7) is 0. The highest BCUT2D eigenvalue weighted by molar-refractivity contribution is 6.25. The van der Waals surface area contributed by atoms with Crippen molar-refractivity contribution >= 4 is 39.4 Å². The van der Waals surface area contributed by atoms with Gasteiger partial charge in [0, 0.05) is 33.7 Å². The minimum atomic E-state index is -0.0368. The standard InChI is InChI=1S/C41H28N2O/c44-41-38-13-7-12-37-36(26-27-39(42-41)40(37)38)32-18-24-35(25-19-32)43(33-20-14-30(15-21-33)28-8-3-1-4-9-28)34-22-16-31(17-23-34)29-10-5-2-6-11-29/h1-27H,(H,42,44). The monoisotopic (exact) mass is 564 g/mol. The van der Waals surface area contributed by atoms with E-state index >= 15 is 0 Å². The van der Waals surface area contributed by atoms with Gasteiger partial charge in [0.05, 0.1) is 0 Å². The molecule has 208 valence electrons. The maximum atomic E-state index is 12.5. The Morgan fingerprint density at radius 2 is 0.864 bits per heavy atom. The van der Waals surface area contributed by atoms with Crippen molar-refractivity contribution in [3.05, 3.63) is 169 Å². The van der Waals surface area contributed by atoms with Gasteiger partial charge in [-0.15, -0.1) is 0 Å². The van der Waals surface area contributed by atoms with Crippen LogP contribution in [-0.4, -0.2) is 5.91 Å². The van der Waals surface area contributed by atoms with E-state index in [1.54, 1.807) is 0 Å². The largest absolute Gasteiger partial charge is 0.321 e. The van der Waals surface area contributed by atoms with E-state index in [1.165, 1.54) is 22.3 Å². The van der Waals surface area contributed by atoms with Crippen LogP contribution in [0, 0.1) is 0 Å². The molecule has 44 heavy (non-hydrogen) atoms. The van der Waals surface area contributed by atoms with Gasteiger partial charge in [-0.1, -0.05) is 115 Å². The second kappa shape index (κ2) is 10.7. The van der Waals surface area contributed by atoms with E-state index in [-0.39, 0.29) is 5.91 Å². The molecule has 1 N–H and O–H groups in total. The third kappa shape index (κ3) is 4.52. The minimum Gasteiger partial charge on any atom is -0.321 e. The highest BCUT2D eigenvalue weighted by Crippen LogP contribution is 2.41. The van der Waals surface area contributed by atoms with E-state index in [4.69, 9.17) is 0 Å². The molecular formula is C41H28N2O. The number of carbonyl (C=O) groups excluding carboxylic acids is 1. The summed E-state index contributed by atoms with van der Waals surface area (Å²) in [5.74, 6) is -0.0368. The van der Waals surface area contributed by atoms with Crippen LogP contribution >= 0.6 is 0 Å². The van der Waals surface area contributed by atoms with Crippen molar-refractivity contribution in [2.45, 2.75) is 0 Å². The van der Waals surface area contributed by atoms with Crippen LogP contribution in [0.3, 0.4) is 0 Å². The molecule has 0 saturated carbocycles. The van der Waals surface area contributed by atoms with E-state index in [9.17, 15) is 4.79 Å². The van der Waals surface area contributed by atoms with E-state index in [0.29, 0.717) is 0 Å². The number of amides is 1. The lowest BCUT2D eigenvalue weighted by molar-refractivity contribution is 0.103. The van der Waals surface area contributed by atoms with Crippen LogP contribution in [0.5, 0.6) is 0 Å². The Labute approximate surface area is 256 Å². The number of carbonyl (C=O) groups is 1. The van der Waals surface area contributed by atoms with E-state index < -0.39 is 0 Å². The van der Waals surface area contributed by atoms with Gasteiger partial charge in [-0.2, -0.15) is 0 Å².